The third-order valence-electron chi connectivity index (χ3n) is 2.87. The quantitative estimate of drug-likeness (QED) is 0.753. The molecule has 4 N–H and O–H groups in total. The van der Waals surface area contributed by atoms with Gasteiger partial charge >= 0.3 is 0 Å². The van der Waals surface area contributed by atoms with Gasteiger partial charge in [-0.15, -0.1) is 0 Å². The minimum atomic E-state index is -3.29. The van der Waals surface area contributed by atoms with Crippen molar-refractivity contribution in [2.75, 3.05) is 6.54 Å². The molecule has 0 spiro atoms. The molecule has 1 fully saturated rings. The lowest BCUT2D eigenvalue weighted by molar-refractivity contribution is 0.586. The van der Waals surface area contributed by atoms with Crippen molar-refractivity contribution in [2.24, 2.45) is 11.5 Å². The summed E-state index contributed by atoms with van der Waals surface area (Å²) in [6, 6.07) is 8.37. The van der Waals surface area contributed by atoms with Crippen LogP contribution in [0, 0.1) is 0 Å². The molecule has 4 nitrogen and oxygen atoms in total. The molecular formula is C10H14N2O2S. The van der Waals surface area contributed by atoms with Crippen molar-refractivity contribution in [2.45, 2.75) is 22.1 Å². The first-order chi connectivity index (χ1) is 7.00. The highest BCUT2D eigenvalue weighted by Gasteiger charge is 2.58. The summed E-state index contributed by atoms with van der Waals surface area (Å²) in [4.78, 5) is 0.329. The van der Waals surface area contributed by atoms with Crippen LogP contribution in [-0.2, 0) is 9.84 Å². The van der Waals surface area contributed by atoms with Crippen LogP contribution < -0.4 is 11.5 Å². The smallest absolute Gasteiger partial charge is 0.183 e. The molecule has 0 heterocycles. The third kappa shape index (κ3) is 1.67. The molecule has 1 aliphatic carbocycles. The molecule has 0 radical (unpaired) electrons. The number of hydrogen-bond acceptors (Lipinski definition) is 4. The van der Waals surface area contributed by atoms with E-state index in [0.717, 1.165) is 0 Å². The van der Waals surface area contributed by atoms with E-state index in [1.807, 2.05) is 0 Å². The zero-order chi connectivity index (χ0) is 11.1. The summed E-state index contributed by atoms with van der Waals surface area (Å²) in [5, 5.41) is -0.516. The number of rotatable bonds is 3. The number of nitrogens with two attached hydrogens (primary N) is 2. The molecule has 0 amide bonds. The Morgan fingerprint density at radius 2 is 1.93 bits per heavy atom. The minimum Gasteiger partial charge on any atom is -0.329 e. The molecular weight excluding hydrogens is 212 g/mol. The van der Waals surface area contributed by atoms with Crippen LogP contribution in [0.1, 0.15) is 6.42 Å². The van der Waals surface area contributed by atoms with E-state index >= 15 is 0 Å². The van der Waals surface area contributed by atoms with Crippen LogP contribution in [0.25, 0.3) is 0 Å². The van der Waals surface area contributed by atoms with Gasteiger partial charge in [-0.3, -0.25) is 0 Å². The molecule has 0 saturated heterocycles. The van der Waals surface area contributed by atoms with Crippen molar-refractivity contribution < 1.29 is 8.42 Å². The molecule has 1 aliphatic rings. The molecule has 1 saturated carbocycles. The monoisotopic (exact) mass is 226 g/mol. The molecule has 1 aromatic rings. The summed E-state index contributed by atoms with van der Waals surface area (Å²) < 4.78 is 24.1. The van der Waals surface area contributed by atoms with Crippen molar-refractivity contribution in [1.82, 2.24) is 0 Å². The topological polar surface area (TPSA) is 86.2 Å². The van der Waals surface area contributed by atoms with Gasteiger partial charge in [0.1, 0.15) is 0 Å². The maximum atomic E-state index is 12.0. The molecule has 0 aliphatic heterocycles. The second-order valence-corrected chi connectivity index (χ2v) is 6.12. The zero-order valence-corrected chi connectivity index (χ0v) is 9.07. The molecule has 2 rings (SSSR count). The first kappa shape index (κ1) is 10.6. The van der Waals surface area contributed by atoms with Crippen LogP contribution in [0.2, 0.25) is 0 Å². The average molecular weight is 226 g/mol. The predicted molar refractivity (Wildman–Crippen MR) is 58.0 cm³/mol. The van der Waals surface area contributed by atoms with Crippen LogP contribution in [0.4, 0.5) is 0 Å². The number of hydrogen-bond donors (Lipinski definition) is 2. The Morgan fingerprint density at radius 3 is 2.40 bits per heavy atom. The van der Waals surface area contributed by atoms with Crippen molar-refractivity contribution in [1.29, 1.82) is 0 Å². The summed E-state index contributed by atoms with van der Waals surface area (Å²) in [5.41, 5.74) is 10.5. The SMILES string of the molecule is NC[C@]1(N)C[C@H]1S(=O)(=O)c1ccccc1. The van der Waals surface area contributed by atoms with Crippen molar-refractivity contribution in [3.63, 3.8) is 0 Å². The standard InChI is InChI=1S/C10H14N2O2S/c11-7-10(12)6-9(10)15(13,14)8-4-2-1-3-5-8/h1-5,9H,6-7,11-12H2/t9-,10-/m1/s1. The van der Waals surface area contributed by atoms with Gasteiger partial charge in [0.25, 0.3) is 0 Å². The Labute approximate surface area is 89.2 Å². The van der Waals surface area contributed by atoms with E-state index in [1.165, 1.54) is 0 Å². The minimum absolute atomic E-state index is 0.212. The molecule has 2 atom stereocenters. The Hall–Kier alpha value is -0.910. The van der Waals surface area contributed by atoms with E-state index in [0.29, 0.717) is 11.3 Å². The Morgan fingerprint density at radius 1 is 1.33 bits per heavy atom. The lowest BCUT2D eigenvalue weighted by Gasteiger charge is -2.08. The van der Waals surface area contributed by atoms with Gasteiger partial charge in [-0.25, -0.2) is 8.42 Å². The lowest BCUT2D eigenvalue weighted by Crippen LogP contribution is -2.38. The molecule has 0 aromatic heterocycles. The highest BCUT2D eigenvalue weighted by Crippen LogP contribution is 2.41. The van der Waals surface area contributed by atoms with Gasteiger partial charge in [0, 0.05) is 12.1 Å². The number of sulfone groups is 1. The Kier molecular flexibility index (Phi) is 2.33. The summed E-state index contributed by atoms with van der Waals surface area (Å²) in [6.07, 6.45) is 0.459. The highest BCUT2D eigenvalue weighted by atomic mass is 32.2. The van der Waals surface area contributed by atoms with Gasteiger partial charge in [-0.2, -0.15) is 0 Å². The van der Waals surface area contributed by atoms with Gasteiger partial charge in [0.15, 0.2) is 9.84 Å². The normalized spacial score (nSPS) is 30.1. The van der Waals surface area contributed by atoms with Crippen LogP contribution >= 0.6 is 0 Å². The molecule has 15 heavy (non-hydrogen) atoms. The Balaban J connectivity index is 2.32. The van der Waals surface area contributed by atoms with Crippen LogP contribution in [-0.4, -0.2) is 25.8 Å². The van der Waals surface area contributed by atoms with E-state index in [-0.39, 0.29) is 6.54 Å². The van der Waals surface area contributed by atoms with Gasteiger partial charge < -0.3 is 11.5 Å². The lowest BCUT2D eigenvalue weighted by atomic mass is 10.3. The third-order valence-corrected chi connectivity index (χ3v) is 5.19. The molecule has 5 heteroatoms. The molecule has 1 aromatic carbocycles. The van der Waals surface area contributed by atoms with E-state index in [2.05, 4.69) is 0 Å². The van der Waals surface area contributed by atoms with Gasteiger partial charge in [0.2, 0.25) is 0 Å². The first-order valence-electron chi connectivity index (χ1n) is 4.78. The Bertz CT molecular complexity index is 458. The second-order valence-electron chi connectivity index (χ2n) is 3.99. The van der Waals surface area contributed by atoms with Gasteiger partial charge in [0.05, 0.1) is 10.1 Å². The molecule has 0 bridgehead atoms. The fourth-order valence-corrected chi connectivity index (χ4v) is 3.80. The fourth-order valence-electron chi connectivity index (χ4n) is 1.69. The van der Waals surface area contributed by atoms with Gasteiger partial charge in [-0.1, -0.05) is 18.2 Å². The van der Waals surface area contributed by atoms with Crippen LogP contribution in [0.15, 0.2) is 35.2 Å². The van der Waals surface area contributed by atoms with E-state index < -0.39 is 20.6 Å². The summed E-state index contributed by atoms with van der Waals surface area (Å²) in [6.45, 7) is 0.212. The highest BCUT2D eigenvalue weighted by molar-refractivity contribution is 7.92. The molecule has 82 valence electrons. The van der Waals surface area contributed by atoms with Crippen LogP contribution in [0.3, 0.4) is 0 Å². The zero-order valence-electron chi connectivity index (χ0n) is 8.26. The van der Waals surface area contributed by atoms with Crippen LogP contribution in [0.5, 0.6) is 0 Å². The largest absolute Gasteiger partial charge is 0.329 e. The van der Waals surface area contributed by atoms with Gasteiger partial charge in [-0.05, 0) is 18.6 Å². The maximum Gasteiger partial charge on any atom is 0.183 e. The first-order valence-corrected chi connectivity index (χ1v) is 6.33. The van der Waals surface area contributed by atoms with Crippen molar-refractivity contribution >= 4 is 9.84 Å². The summed E-state index contributed by atoms with van der Waals surface area (Å²) in [7, 11) is -3.29. The van der Waals surface area contributed by atoms with E-state index in [9.17, 15) is 8.42 Å². The molecule has 0 unspecified atom stereocenters. The van der Waals surface area contributed by atoms with Crippen molar-refractivity contribution in [3.8, 4) is 0 Å². The fraction of sp³-hybridized carbons (Fsp3) is 0.400. The summed E-state index contributed by atoms with van der Waals surface area (Å²) in [5.74, 6) is 0. The number of benzene rings is 1. The van der Waals surface area contributed by atoms with Crippen molar-refractivity contribution in [3.05, 3.63) is 30.3 Å². The predicted octanol–water partition coefficient (Wildman–Crippen LogP) is -0.111. The second kappa shape index (κ2) is 3.30. The van der Waals surface area contributed by atoms with E-state index in [1.54, 1.807) is 30.3 Å². The average Bonchev–Trinajstić information content (AvgIpc) is 2.94. The van der Waals surface area contributed by atoms with E-state index in [4.69, 9.17) is 11.5 Å². The maximum absolute atomic E-state index is 12.0. The summed E-state index contributed by atoms with van der Waals surface area (Å²) >= 11 is 0.